The molecule has 0 spiro atoms. The van der Waals surface area contributed by atoms with Crippen LogP contribution in [-0.2, 0) is 9.59 Å². The Labute approximate surface area is 102 Å². The molecular weight excluding hydrogens is 222 g/mol. The Hall–Kier alpha value is -1.10. The molecule has 0 aromatic heterocycles. The smallest absolute Gasteiger partial charge is 0.332 e. The maximum absolute atomic E-state index is 11.3. The van der Waals surface area contributed by atoms with Crippen LogP contribution < -0.4 is 5.32 Å². The van der Waals surface area contributed by atoms with Crippen LogP contribution >= 0.6 is 0 Å². The number of aliphatic carboxylic acids is 1. The van der Waals surface area contributed by atoms with Gasteiger partial charge in [-0.05, 0) is 6.42 Å². The van der Waals surface area contributed by atoms with Gasteiger partial charge in [-0.2, -0.15) is 0 Å². The summed E-state index contributed by atoms with van der Waals surface area (Å²) < 4.78 is 0. The van der Waals surface area contributed by atoms with Crippen LogP contribution in [0, 0.1) is 0 Å². The van der Waals surface area contributed by atoms with Gasteiger partial charge in [-0.25, -0.2) is 4.79 Å². The number of nitrogens with one attached hydrogen (secondary N) is 1. The van der Waals surface area contributed by atoms with E-state index >= 15 is 0 Å². The molecule has 5 nitrogen and oxygen atoms in total. The van der Waals surface area contributed by atoms with Gasteiger partial charge in [0.2, 0.25) is 5.91 Å². The van der Waals surface area contributed by atoms with Gasteiger partial charge in [-0.1, -0.05) is 32.6 Å². The van der Waals surface area contributed by atoms with Crippen molar-refractivity contribution < 1.29 is 19.8 Å². The second-order valence-corrected chi connectivity index (χ2v) is 4.16. The van der Waals surface area contributed by atoms with Gasteiger partial charge < -0.3 is 15.5 Å². The Balaban J connectivity index is 3.38. The lowest BCUT2D eigenvalue weighted by Gasteiger charge is -2.07. The standard InChI is InChI=1S/C12H23NO4/c1-2-3-4-5-6-7-11(15)13-9-8-10(14)12(16)17/h10,14H,2-9H2,1H3,(H,13,15)(H,16,17)/t10-/m0/s1. The highest BCUT2D eigenvalue weighted by Crippen LogP contribution is 2.04. The Morgan fingerprint density at radius 2 is 1.82 bits per heavy atom. The highest BCUT2D eigenvalue weighted by atomic mass is 16.4. The number of carbonyl (C=O) groups is 2. The van der Waals surface area contributed by atoms with E-state index < -0.39 is 12.1 Å². The maximum atomic E-state index is 11.3. The fourth-order valence-corrected chi connectivity index (χ4v) is 1.45. The molecule has 0 aliphatic rings. The third kappa shape index (κ3) is 9.81. The average molecular weight is 245 g/mol. The summed E-state index contributed by atoms with van der Waals surface area (Å²) in [6.07, 6.45) is 4.60. The Kier molecular flexibility index (Phi) is 9.43. The predicted molar refractivity (Wildman–Crippen MR) is 64.6 cm³/mol. The van der Waals surface area contributed by atoms with Crippen molar-refractivity contribution in [3.8, 4) is 0 Å². The molecule has 0 aliphatic heterocycles. The van der Waals surface area contributed by atoms with E-state index in [1.165, 1.54) is 12.8 Å². The zero-order valence-electron chi connectivity index (χ0n) is 10.4. The van der Waals surface area contributed by atoms with Crippen molar-refractivity contribution in [2.75, 3.05) is 6.54 Å². The zero-order valence-corrected chi connectivity index (χ0v) is 10.4. The molecule has 0 aromatic carbocycles. The van der Waals surface area contributed by atoms with Crippen LogP contribution in [0.15, 0.2) is 0 Å². The van der Waals surface area contributed by atoms with E-state index in [1.54, 1.807) is 0 Å². The summed E-state index contributed by atoms with van der Waals surface area (Å²) in [5.74, 6) is -1.32. The lowest BCUT2D eigenvalue weighted by atomic mass is 10.1. The third-order valence-electron chi connectivity index (χ3n) is 2.53. The van der Waals surface area contributed by atoms with Crippen molar-refractivity contribution in [2.45, 2.75) is 58.0 Å². The normalized spacial score (nSPS) is 12.1. The monoisotopic (exact) mass is 245 g/mol. The molecule has 0 aromatic rings. The SMILES string of the molecule is CCCCCCCC(=O)NCC[C@H](O)C(=O)O. The number of hydrogen-bond donors (Lipinski definition) is 3. The summed E-state index contributed by atoms with van der Waals surface area (Å²) in [4.78, 5) is 21.6. The van der Waals surface area contributed by atoms with Crippen LogP contribution in [0.25, 0.3) is 0 Å². The molecular formula is C12H23NO4. The summed E-state index contributed by atoms with van der Waals surface area (Å²) in [6, 6.07) is 0. The lowest BCUT2D eigenvalue weighted by Crippen LogP contribution is -2.29. The van der Waals surface area contributed by atoms with E-state index in [0.29, 0.717) is 6.42 Å². The number of aliphatic hydroxyl groups excluding tert-OH is 1. The molecule has 17 heavy (non-hydrogen) atoms. The fourth-order valence-electron chi connectivity index (χ4n) is 1.45. The van der Waals surface area contributed by atoms with Crippen molar-refractivity contribution in [3.63, 3.8) is 0 Å². The average Bonchev–Trinajstić information content (AvgIpc) is 2.28. The molecule has 3 N–H and O–H groups in total. The van der Waals surface area contributed by atoms with Crippen molar-refractivity contribution in [2.24, 2.45) is 0 Å². The minimum atomic E-state index is -1.39. The molecule has 0 bridgehead atoms. The van der Waals surface area contributed by atoms with Gasteiger partial charge in [0.15, 0.2) is 6.10 Å². The third-order valence-corrected chi connectivity index (χ3v) is 2.53. The summed E-state index contributed by atoms with van der Waals surface area (Å²) >= 11 is 0. The Bertz CT molecular complexity index is 231. The summed E-state index contributed by atoms with van der Waals surface area (Å²) in [5, 5.41) is 20.0. The first-order chi connectivity index (χ1) is 8.07. The number of carboxylic acids is 1. The van der Waals surface area contributed by atoms with Gasteiger partial charge in [0.1, 0.15) is 0 Å². The van der Waals surface area contributed by atoms with Crippen LogP contribution in [-0.4, -0.2) is 34.7 Å². The van der Waals surface area contributed by atoms with Crippen molar-refractivity contribution >= 4 is 11.9 Å². The number of carboxylic acid groups (broad SMARTS) is 1. The maximum Gasteiger partial charge on any atom is 0.332 e. The summed E-state index contributed by atoms with van der Waals surface area (Å²) in [7, 11) is 0. The molecule has 100 valence electrons. The van der Waals surface area contributed by atoms with E-state index in [0.717, 1.165) is 19.3 Å². The first-order valence-electron chi connectivity index (χ1n) is 6.25. The summed E-state index contributed by atoms with van der Waals surface area (Å²) in [6.45, 7) is 2.35. The van der Waals surface area contributed by atoms with Crippen molar-refractivity contribution in [1.29, 1.82) is 0 Å². The second kappa shape index (κ2) is 10.1. The highest BCUT2D eigenvalue weighted by Gasteiger charge is 2.12. The number of hydrogen-bond acceptors (Lipinski definition) is 3. The Morgan fingerprint density at radius 3 is 2.41 bits per heavy atom. The number of carbonyl (C=O) groups excluding carboxylic acids is 1. The molecule has 0 saturated heterocycles. The second-order valence-electron chi connectivity index (χ2n) is 4.16. The van der Waals surface area contributed by atoms with Gasteiger partial charge in [0.05, 0.1) is 0 Å². The van der Waals surface area contributed by atoms with Crippen molar-refractivity contribution in [1.82, 2.24) is 5.32 Å². The molecule has 0 fully saturated rings. The van der Waals surface area contributed by atoms with Gasteiger partial charge in [0, 0.05) is 19.4 Å². The first-order valence-corrected chi connectivity index (χ1v) is 6.25. The lowest BCUT2D eigenvalue weighted by molar-refractivity contribution is -0.147. The van der Waals surface area contributed by atoms with E-state index in [-0.39, 0.29) is 18.9 Å². The minimum absolute atomic E-state index is 0.0525. The van der Waals surface area contributed by atoms with Crippen LogP contribution in [0.2, 0.25) is 0 Å². The molecule has 1 atom stereocenters. The number of amides is 1. The van der Waals surface area contributed by atoms with E-state index in [4.69, 9.17) is 10.2 Å². The van der Waals surface area contributed by atoms with Crippen LogP contribution in [0.1, 0.15) is 51.9 Å². The molecule has 0 radical (unpaired) electrons. The zero-order chi connectivity index (χ0) is 13.1. The van der Waals surface area contributed by atoms with Gasteiger partial charge >= 0.3 is 5.97 Å². The van der Waals surface area contributed by atoms with Crippen molar-refractivity contribution in [3.05, 3.63) is 0 Å². The van der Waals surface area contributed by atoms with E-state index in [2.05, 4.69) is 12.2 Å². The van der Waals surface area contributed by atoms with E-state index in [1.807, 2.05) is 0 Å². The largest absolute Gasteiger partial charge is 0.479 e. The van der Waals surface area contributed by atoms with Crippen LogP contribution in [0.5, 0.6) is 0 Å². The topological polar surface area (TPSA) is 86.6 Å². The van der Waals surface area contributed by atoms with Gasteiger partial charge in [-0.15, -0.1) is 0 Å². The molecule has 0 rings (SSSR count). The molecule has 0 saturated carbocycles. The number of aliphatic hydroxyl groups is 1. The van der Waals surface area contributed by atoms with Crippen LogP contribution in [0.4, 0.5) is 0 Å². The number of rotatable bonds is 10. The molecule has 1 amide bonds. The molecule has 5 heteroatoms. The first kappa shape index (κ1) is 15.9. The quantitative estimate of drug-likeness (QED) is 0.506. The van der Waals surface area contributed by atoms with Crippen LogP contribution in [0.3, 0.4) is 0 Å². The highest BCUT2D eigenvalue weighted by molar-refractivity contribution is 5.76. The van der Waals surface area contributed by atoms with Gasteiger partial charge in [-0.3, -0.25) is 4.79 Å². The Morgan fingerprint density at radius 1 is 1.18 bits per heavy atom. The molecule has 0 unspecified atom stereocenters. The molecule has 0 aliphatic carbocycles. The minimum Gasteiger partial charge on any atom is -0.479 e. The van der Waals surface area contributed by atoms with Gasteiger partial charge in [0.25, 0.3) is 0 Å². The van der Waals surface area contributed by atoms with E-state index in [9.17, 15) is 9.59 Å². The number of unbranched alkanes of at least 4 members (excludes halogenated alkanes) is 4. The fraction of sp³-hybridized carbons (Fsp3) is 0.833. The molecule has 0 heterocycles. The summed E-state index contributed by atoms with van der Waals surface area (Å²) in [5.41, 5.74) is 0. The predicted octanol–water partition coefficient (Wildman–Crippen LogP) is 1.30.